The Hall–Kier alpha value is -3.20. The number of Topliss-reactive ketones (excluding diaryl/α,β-unsaturated/α-hetero) is 2. The third kappa shape index (κ3) is 4.26. The van der Waals surface area contributed by atoms with Gasteiger partial charge in [-0.2, -0.15) is 0 Å². The van der Waals surface area contributed by atoms with Gasteiger partial charge >= 0.3 is 0 Å². The number of rotatable bonds is 4. The van der Waals surface area contributed by atoms with E-state index in [0.29, 0.717) is 0 Å². The first-order valence-electron chi connectivity index (χ1n) is 11.4. The summed E-state index contributed by atoms with van der Waals surface area (Å²) in [6, 6.07) is 1.48. The van der Waals surface area contributed by atoms with Gasteiger partial charge < -0.3 is 42.3 Å². The second-order valence-corrected chi connectivity index (χ2v) is 9.73. The maximum Gasteiger partial charge on any atom is 0.255 e. The normalized spacial score (nSPS) is 29.6. The summed E-state index contributed by atoms with van der Waals surface area (Å²) < 4.78 is 0. The number of nitrogens with one attached hydrogen (secondary N) is 1. The Morgan fingerprint density at radius 1 is 1.13 bits per heavy atom. The molecule has 6 atom stereocenters. The number of aromatic hydroxyl groups is 1. The monoisotopic (exact) mass is 588 g/mol. The minimum atomic E-state index is -3.00. The number of phenols is 1. The summed E-state index contributed by atoms with van der Waals surface area (Å²) in [5.41, 5.74) is 5.92. The highest BCUT2D eigenvalue weighted by Crippen LogP contribution is 2.55. The number of hydrogen-bond donors (Lipinski definition) is 8. The number of fused-ring (bicyclic) bond motifs is 3. The molecule has 1 aromatic carbocycles. The van der Waals surface area contributed by atoms with E-state index in [1.54, 1.807) is 6.92 Å². The molecular weight excluding hydrogens is 559 g/mol. The van der Waals surface area contributed by atoms with Crippen molar-refractivity contribution in [2.24, 2.45) is 23.3 Å². The van der Waals surface area contributed by atoms with Gasteiger partial charge in [0.2, 0.25) is 11.7 Å². The number of halogens is 2. The van der Waals surface area contributed by atoms with Gasteiger partial charge in [-0.3, -0.25) is 24.1 Å². The SMILES string of the molecule is C[C@H]1c2ccc(NC(=O)CN)c(O)c2C(=O)C2=C(O)[C@]3(O)C(=O)C(C(N)=O)=C(O)[C@@H](N(C)C)[C@@H]3[C@@H](O)[C@@H]21.Cl.Cl. The summed E-state index contributed by atoms with van der Waals surface area (Å²) in [4.78, 5) is 52.2. The molecule has 0 bridgehead atoms. The highest BCUT2D eigenvalue weighted by molar-refractivity contribution is 6.25. The van der Waals surface area contributed by atoms with Crippen LogP contribution in [0.3, 0.4) is 0 Å². The van der Waals surface area contributed by atoms with Gasteiger partial charge in [-0.1, -0.05) is 13.0 Å². The van der Waals surface area contributed by atoms with Crippen LogP contribution in [-0.2, 0) is 14.4 Å². The minimum Gasteiger partial charge on any atom is -0.510 e. The number of aliphatic hydroxyl groups is 4. The number of anilines is 1. The molecule has 0 aliphatic heterocycles. The second-order valence-electron chi connectivity index (χ2n) is 9.73. The van der Waals surface area contributed by atoms with Crippen LogP contribution in [0, 0.1) is 11.8 Å². The highest BCUT2D eigenvalue weighted by Gasteiger charge is 2.67. The maximum atomic E-state index is 13.7. The molecular formula is C24H30Cl2N4O9. The van der Waals surface area contributed by atoms with Gasteiger partial charge in [-0.15, -0.1) is 24.8 Å². The number of nitrogens with two attached hydrogens (primary N) is 2. The maximum absolute atomic E-state index is 13.7. The predicted molar refractivity (Wildman–Crippen MR) is 142 cm³/mol. The van der Waals surface area contributed by atoms with Crippen molar-refractivity contribution in [2.75, 3.05) is 26.0 Å². The Kier molecular flexibility index (Phi) is 8.83. The number of likely N-dealkylation sites (N-methyl/N-ethyl adjacent to an activating group) is 1. The largest absolute Gasteiger partial charge is 0.510 e. The molecule has 0 unspecified atom stereocenters. The van der Waals surface area contributed by atoms with Gasteiger partial charge in [-0.05, 0) is 31.6 Å². The first-order valence-corrected chi connectivity index (χ1v) is 11.4. The van der Waals surface area contributed by atoms with Crippen molar-refractivity contribution in [1.82, 2.24) is 4.90 Å². The van der Waals surface area contributed by atoms with E-state index in [2.05, 4.69) is 5.32 Å². The van der Waals surface area contributed by atoms with E-state index in [4.69, 9.17) is 11.5 Å². The Labute approximate surface area is 235 Å². The zero-order chi connectivity index (χ0) is 27.7. The fourth-order valence-corrected chi connectivity index (χ4v) is 5.92. The van der Waals surface area contributed by atoms with Crippen LogP contribution >= 0.6 is 24.8 Å². The number of carbonyl (C=O) groups is 4. The Bertz CT molecular complexity index is 1330. The van der Waals surface area contributed by atoms with Crippen molar-refractivity contribution >= 4 is 53.9 Å². The number of ketones is 2. The molecule has 2 amide bonds. The lowest BCUT2D eigenvalue weighted by Crippen LogP contribution is -2.68. The molecule has 3 aliphatic rings. The average molecular weight is 589 g/mol. The molecule has 15 heteroatoms. The van der Waals surface area contributed by atoms with Gasteiger partial charge in [-0.25, -0.2) is 0 Å². The Balaban J connectivity index is 0.00000267. The fraction of sp³-hybridized carbons (Fsp3) is 0.417. The van der Waals surface area contributed by atoms with Crippen molar-refractivity contribution in [2.45, 2.75) is 30.6 Å². The summed E-state index contributed by atoms with van der Waals surface area (Å²) in [6.07, 6.45) is -1.69. The van der Waals surface area contributed by atoms with Gasteiger partial charge in [0.25, 0.3) is 5.91 Å². The van der Waals surface area contributed by atoms with E-state index >= 15 is 0 Å². The van der Waals surface area contributed by atoms with E-state index < -0.39 is 93.8 Å². The molecule has 10 N–H and O–H groups in total. The smallest absolute Gasteiger partial charge is 0.255 e. The van der Waals surface area contributed by atoms with E-state index in [9.17, 15) is 44.7 Å². The Morgan fingerprint density at radius 3 is 2.23 bits per heavy atom. The molecule has 4 rings (SSSR count). The number of hydrogen-bond acceptors (Lipinski definition) is 11. The molecule has 0 heterocycles. The lowest BCUT2D eigenvalue weighted by atomic mass is 9.55. The molecule has 0 fully saturated rings. The second kappa shape index (κ2) is 10.8. The van der Waals surface area contributed by atoms with Crippen molar-refractivity contribution in [3.63, 3.8) is 0 Å². The summed E-state index contributed by atoms with van der Waals surface area (Å²) in [7, 11) is 2.91. The molecule has 39 heavy (non-hydrogen) atoms. The number of carbonyl (C=O) groups excluding carboxylic acids is 4. The van der Waals surface area contributed by atoms with Crippen molar-refractivity contribution in [1.29, 1.82) is 0 Å². The van der Waals surface area contributed by atoms with E-state index in [0.717, 1.165) is 0 Å². The van der Waals surface area contributed by atoms with Crippen LogP contribution in [0.1, 0.15) is 28.8 Å². The number of primary amides is 1. The number of aliphatic hydroxyl groups excluding tert-OH is 3. The molecule has 0 saturated heterocycles. The third-order valence-corrected chi connectivity index (χ3v) is 7.59. The molecule has 0 spiro atoms. The zero-order valence-corrected chi connectivity index (χ0v) is 22.7. The molecule has 0 radical (unpaired) electrons. The van der Waals surface area contributed by atoms with Crippen LogP contribution in [0.25, 0.3) is 0 Å². The van der Waals surface area contributed by atoms with Crippen molar-refractivity contribution in [3.8, 4) is 5.75 Å². The van der Waals surface area contributed by atoms with Gasteiger partial charge in [0.15, 0.2) is 17.1 Å². The van der Waals surface area contributed by atoms with Crippen molar-refractivity contribution < 1.29 is 44.7 Å². The van der Waals surface area contributed by atoms with Crippen LogP contribution in [0.2, 0.25) is 0 Å². The lowest BCUT2D eigenvalue weighted by molar-refractivity contribution is -0.162. The lowest BCUT2D eigenvalue weighted by Gasteiger charge is -2.53. The van der Waals surface area contributed by atoms with Crippen LogP contribution in [0.15, 0.2) is 34.8 Å². The molecule has 13 nitrogen and oxygen atoms in total. The first kappa shape index (κ1) is 32.0. The zero-order valence-electron chi connectivity index (χ0n) is 21.0. The van der Waals surface area contributed by atoms with Crippen LogP contribution in [-0.4, -0.2) is 92.2 Å². The molecule has 0 aromatic heterocycles. The van der Waals surface area contributed by atoms with Crippen LogP contribution in [0.5, 0.6) is 5.75 Å². The van der Waals surface area contributed by atoms with Gasteiger partial charge in [0.05, 0.1) is 35.9 Å². The summed E-state index contributed by atoms with van der Waals surface area (Å²) in [5.74, 6) is -10.5. The molecule has 214 valence electrons. The fourth-order valence-electron chi connectivity index (χ4n) is 5.92. The minimum absolute atomic E-state index is 0. The number of benzene rings is 1. The topological polar surface area (TPSA) is 237 Å². The summed E-state index contributed by atoms with van der Waals surface area (Å²) in [5, 5.41) is 58.5. The molecule has 1 aromatic rings. The van der Waals surface area contributed by atoms with Gasteiger partial charge in [0.1, 0.15) is 17.1 Å². The predicted octanol–water partition coefficient (Wildman–Crippen LogP) is -0.607. The van der Waals surface area contributed by atoms with Crippen molar-refractivity contribution in [3.05, 3.63) is 45.9 Å². The van der Waals surface area contributed by atoms with E-state index in [-0.39, 0.29) is 41.6 Å². The third-order valence-electron chi connectivity index (χ3n) is 7.59. The number of phenolic OH excluding ortho intramolecular Hbond substituents is 1. The van der Waals surface area contributed by atoms with E-state index in [1.807, 2.05) is 0 Å². The quantitative estimate of drug-likeness (QED) is 0.163. The van der Waals surface area contributed by atoms with E-state index in [1.165, 1.54) is 31.1 Å². The Morgan fingerprint density at radius 2 is 1.72 bits per heavy atom. The van der Waals surface area contributed by atoms with Crippen LogP contribution < -0.4 is 16.8 Å². The summed E-state index contributed by atoms with van der Waals surface area (Å²) in [6.45, 7) is 1.21. The summed E-state index contributed by atoms with van der Waals surface area (Å²) >= 11 is 0. The standard InChI is InChI=1S/C24H28N4O9.2ClH/c1-7-8-4-5-9(27-10(29)6-25)17(30)12(8)18(31)13-11(7)19(32)15-16(28(2)3)20(33)14(23(26)36)22(35)24(15,37)21(13)34;;/h4-5,7,11,15-16,19,30,32-34,37H,6,25H2,1-3H3,(H2,26,36)(H,27,29);2*1H/t7-,11+,15+,16-,19-,24-;;/m0../s1. The average Bonchev–Trinajstić information content (AvgIpc) is 2.82. The first-order chi connectivity index (χ1) is 17.2. The van der Waals surface area contributed by atoms with Gasteiger partial charge in [0, 0.05) is 11.5 Å². The molecule has 0 saturated carbocycles. The molecule has 3 aliphatic carbocycles. The van der Waals surface area contributed by atoms with Crippen LogP contribution in [0.4, 0.5) is 5.69 Å². The highest BCUT2D eigenvalue weighted by atomic mass is 35.5. The number of nitrogens with zero attached hydrogens (tertiary/aromatic N) is 1. The number of amides is 2.